The number of aromatic nitrogens is 2. The number of benzene rings is 2. The monoisotopic (exact) mass is 336 g/mol. The van der Waals surface area contributed by atoms with Crippen LogP contribution in [0.1, 0.15) is 35.5 Å². The second-order valence-corrected chi connectivity index (χ2v) is 6.31. The summed E-state index contributed by atoms with van der Waals surface area (Å²) in [5.74, 6) is 2.22. The van der Waals surface area contributed by atoms with Gasteiger partial charge in [-0.05, 0) is 68.1 Å². The number of H-pyrrole nitrogens is 1. The van der Waals surface area contributed by atoms with Crippen molar-refractivity contribution in [3.8, 4) is 11.5 Å². The zero-order valence-corrected chi connectivity index (χ0v) is 15.2. The van der Waals surface area contributed by atoms with Crippen molar-refractivity contribution in [1.82, 2.24) is 9.97 Å². The minimum atomic E-state index is -0.216. The fraction of sp³-hybridized carbons (Fsp3) is 0.286. The molecule has 0 radical (unpaired) electrons. The largest absolute Gasteiger partial charge is 0.493 e. The molecule has 4 heteroatoms. The molecule has 3 rings (SSSR count). The molecule has 0 aliphatic heterocycles. The summed E-state index contributed by atoms with van der Waals surface area (Å²) < 4.78 is 11.6. The van der Waals surface area contributed by atoms with Gasteiger partial charge in [-0.2, -0.15) is 0 Å². The van der Waals surface area contributed by atoms with Crippen molar-refractivity contribution in [3.63, 3.8) is 0 Å². The fourth-order valence-corrected chi connectivity index (χ4v) is 2.83. The third-order valence-electron chi connectivity index (χ3n) is 4.41. The predicted molar refractivity (Wildman–Crippen MR) is 102 cm³/mol. The molecule has 1 N–H and O–H groups in total. The van der Waals surface area contributed by atoms with Crippen LogP contribution in [0.5, 0.6) is 11.5 Å². The highest BCUT2D eigenvalue weighted by Crippen LogP contribution is 2.32. The molecule has 0 saturated carbocycles. The predicted octanol–water partition coefficient (Wildman–Crippen LogP) is 5.06. The van der Waals surface area contributed by atoms with E-state index in [-0.39, 0.29) is 6.10 Å². The average molecular weight is 336 g/mol. The molecule has 0 unspecified atom stereocenters. The number of nitrogens with one attached hydrogen (secondary N) is 1. The summed E-state index contributed by atoms with van der Waals surface area (Å²) in [4.78, 5) is 8.04. The second-order valence-electron chi connectivity index (χ2n) is 6.31. The lowest BCUT2D eigenvalue weighted by atomic mass is 10.1. The SMILES string of the molecule is C=CCc1ccc(O[C@H](C)c2nc3cc(C)c(C)cc3[nH]2)c(OC)c1. The van der Waals surface area contributed by atoms with E-state index < -0.39 is 0 Å². The highest BCUT2D eigenvalue weighted by Gasteiger charge is 2.15. The Labute approximate surface area is 148 Å². The van der Waals surface area contributed by atoms with Crippen LogP contribution in [-0.4, -0.2) is 17.1 Å². The van der Waals surface area contributed by atoms with Gasteiger partial charge in [-0.1, -0.05) is 12.1 Å². The number of aryl methyl sites for hydroxylation is 2. The minimum Gasteiger partial charge on any atom is -0.493 e. The van der Waals surface area contributed by atoms with Crippen molar-refractivity contribution in [2.75, 3.05) is 7.11 Å². The zero-order chi connectivity index (χ0) is 18.0. The first-order valence-electron chi connectivity index (χ1n) is 8.43. The van der Waals surface area contributed by atoms with Crippen LogP contribution >= 0.6 is 0 Å². The summed E-state index contributed by atoms with van der Waals surface area (Å²) in [7, 11) is 1.65. The molecule has 0 saturated heterocycles. The Morgan fingerprint density at radius 3 is 2.64 bits per heavy atom. The highest BCUT2D eigenvalue weighted by molar-refractivity contribution is 5.77. The van der Waals surface area contributed by atoms with Crippen LogP contribution in [0, 0.1) is 13.8 Å². The van der Waals surface area contributed by atoms with E-state index in [2.05, 4.69) is 42.5 Å². The van der Waals surface area contributed by atoms with Gasteiger partial charge in [0.1, 0.15) is 5.82 Å². The molecule has 0 bridgehead atoms. The van der Waals surface area contributed by atoms with Gasteiger partial charge in [-0.3, -0.25) is 0 Å². The Bertz CT molecular complexity index is 873. The van der Waals surface area contributed by atoms with Gasteiger partial charge in [-0.25, -0.2) is 4.98 Å². The van der Waals surface area contributed by atoms with Crippen LogP contribution in [0.25, 0.3) is 11.0 Å². The van der Waals surface area contributed by atoms with Crippen LogP contribution in [0.2, 0.25) is 0 Å². The van der Waals surface area contributed by atoms with Gasteiger partial charge in [0.15, 0.2) is 17.6 Å². The quantitative estimate of drug-likeness (QED) is 0.640. The third-order valence-corrected chi connectivity index (χ3v) is 4.41. The number of rotatable bonds is 6. The second kappa shape index (κ2) is 7.01. The van der Waals surface area contributed by atoms with Crippen molar-refractivity contribution in [2.45, 2.75) is 33.3 Å². The Morgan fingerprint density at radius 1 is 1.16 bits per heavy atom. The lowest BCUT2D eigenvalue weighted by molar-refractivity contribution is 0.208. The van der Waals surface area contributed by atoms with Gasteiger partial charge in [-0.15, -0.1) is 6.58 Å². The first kappa shape index (κ1) is 17.1. The topological polar surface area (TPSA) is 47.1 Å². The molecule has 0 amide bonds. The molecular weight excluding hydrogens is 312 g/mol. The van der Waals surface area contributed by atoms with E-state index in [0.717, 1.165) is 28.8 Å². The van der Waals surface area contributed by atoms with Crippen molar-refractivity contribution in [3.05, 3.63) is 65.5 Å². The Kier molecular flexibility index (Phi) is 4.79. The molecule has 1 aromatic heterocycles. The number of nitrogens with zero attached hydrogens (tertiary/aromatic N) is 1. The average Bonchev–Trinajstić information content (AvgIpc) is 2.99. The van der Waals surface area contributed by atoms with Crippen molar-refractivity contribution in [2.24, 2.45) is 0 Å². The summed E-state index contributed by atoms with van der Waals surface area (Å²) in [5, 5.41) is 0. The van der Waals surface area contributed by atoms with E-state index >= 15 is 0 Å². The van der Waals surface area contributed by atoms with E-state index in [1.807, 2.05) is 31.2 Å². The molecular formula is C21H24N2O2. The molecule has 0 aliphatic rings. The maximum Gasteiger partial charge on any atom is 0.162 e. The van der Waals surface area contributed by atoms with E-state index in [9.17, 15) is 0 Å². The Hall–Kier alpha value is -2.75. The maximum absolute atomic E-state index is 6.10. The van der Waals surface area contributed by atoms with E-state index in [0.29, 0.717) is 11.5 Å². The lowest BCUT2D eigenvalue weighted by Gasteiger charge is -2.16. The number of aromatic amines is 1. The van der Waals surface area contributed by atoms with Gasteiger partial charge in [0, 0.05) is 0 Å². The smallest absolute Gasteiger partial charge is 0.162 e. The van der Waals surface area contributed by atoms with Crippen molar-refractivity contribution < 1.29 is 9.47 Å². The number of fused-ring (bicyclic) bond motifs is 1. The minimum absolute atomic E-state index is 0.216. The molecule has 25 heavy (non-hydrogen) atoms. The number of methoxy groups -OCH3 is 1. The number of imidazole rings is 1. The summed E-state index contributed by atoms with van der Waals surface area (Å²) in [5.41, 5.74) is 5.61. The van der Waals surface area contributed by atoms with Gasteiger partial charge in [0.25, 0.3) is 0 Å². The van der Waals surface area contributed by atoms with Crippen LogP contribution in [-0.2, 0) is 6.42 Å². The van der Waals surface area contributed by atoms with Gasteiger partial charge in [0.05, 0.1) is 18.1 Å². The number of ether oxygens (including phenoxy) is 2. The van der Waals surface area contributed by atoms with Crippen LogP contribution in [0.15, 0.2) is 43.0 Å². The molecule has 1 atom stereocenters. The molecule has 4 nitrogen and oxygen atoms in total. The molecule has 0 aliphatic carbocycles. The number of allylic oxidation sites excluding steroid dienone is 1. The number of hydrogen-bond donors (Lipinski definition) is 1. The van der Waals surface area contributed by atoms with Crippen LogP contribution < -0.4 is 9.47 Å². The molecule has 3 aromatic rings. The lowest BCUT2D eigenvalue weighted by Crippen LogP contribution is -2.06. The van der Waals surface area contributed by atoms with E-state index in [1.165, 1.54) is 11.1 Å². The zero-order valence-electron chi connectivity index (χ0n) is 15.2. The Morgan fingerprint density at radius 2 is 1.92 bits per heavy atom. The third kappa shape index (κ3) is 3.53. The van der Waals surface area contributed by atoms with Gasteiger partial charge in [0.2, 0.25) is 0 Å². The van der Waals surface area contributed by atoms with Gasteiger partial charge >= 0.3 is 0 Å². The first-order valence-corrected chi connectivity index (χ1v) is 8.43. The van der Waals surface area contributed by atoms with Crippen molar-refractivity contribution in [1.29, 1.82) is 0 Å². The van der Waals surface area contributed by atoms with Crippen molar-refractivity contribution >= 4 is 11.0 Å². The molecule has 2 aromatic carbocycles. The summed E-state index contributed by atoms with van der Waals surface area (Å²) >= 11 is 0. The number of hydrogen-bond acceptors (Lipinski definition) is 3. The van der Waals surface area contributed by atoms with Crippen LogP contribution in [0.4, 0.5) is 0 Å². The summed E-state index contributed by atoms with van der Waals surface area (Å²) in [6.07, 6.45) is 2.46. The Balaban J connectivity index is 1.86. The molecule has 0 spiro atoms. The van der Waals surface area contributed by atoms with E-state index in [1.54, 1.807) is 7.11 Å². The van der Waals surface area contributed by atoms with Gasteiger partial charge < -0.3 is 14.5 Å². The van der Waals surface area contributed by atoms with E-state index in [4.69, 9.17) is 9.47 Å². The fourth-order valence-electron chi connectivity index (χ4n) is 2.83. The maximum atomic E-state index is 6.10. The van der Waals surface area contributed by atoms with Crippen LogP contribution in [0.3, 0.4) is 0 Å². The first-order chi connectivity index (χ1) is 12.0. The molecule has 0 fully saturated rings. The molecule has 1 heterocycles. The normalized spacial score (nSPS) is 12.2. The molecule has 130 valence electrons. The summed E-state index contributed by atoms with van der Waals surface area (Å²) in [6.45, 7) is 9.95. The standard InChI is InChI=1S/C21H24N2O2/c1-6-7-16-8-9-19(20(12-16)24-5)25-15(4)21-22-17-10-13(2)14(3)11-18(17)23-21/h6,8-12,15H,1,7H2,2-5H3,(H,22,23)/t15-/m1/s1. The highest BCUT2D eigenvalue weighted by atomic mass is 16.5. The summed E-state index contributed by atoms with van der Waals surface area (Å²) in [6, 6.07) is 10.2.